The second-order valence-electron chi connectivity index (χ2n) is 13.8. The van der Waals surface area contributed by atoms with Crippen molar-refractivity contribution in [3.05, 3.63) is 77.7 Å². The Kier molecular flexibility index (Phi) is 14.1. The molecule has 0 bridgehead atoms. The third-order valence-corrected chi connectivity index (χ3v) is 8.35. The number of carbonyl (C=O) groups excluding carboxylic acids is 4. The average molecular weight is 773 g/mol. The number of carbonyl (C=O) groups is 4. The molecule has 0 aliphatic carbocycles. The van der Waals surface area contributed by atoms with Crippen LogP contribution in [0.25, 0.3) is 11.0 Å². The molecule has 5 rings (SSSR count). The number of imidazole rings is 1. The molecule has 0 radical (unpaired) electrons. The molecule has 0 spiro atoms. The van der Waals surface area contributed by atoms with Crippen molar-refractivity contribution in [2.45, 2.75) is 66.2 Å². The van der Waals surface area contributed by atoms with Gasteiger partial charge in [0.2, 0.25) is 17.8 Å². The molecule has 1 aliphatic rings. The molecule has 17 heteroatoms. The smallest absolute Gasteiger partial charge is 0.410 e. The maximum Gasteiger partial charge on any atom is 0.410 e. The molecule has 300 valence electrons. The Bertz CT molecular complexity index is 2110. The minimum Gasteiger partial charge on any atom is -0.494 e. The summed E-state index contributed by atoms with van der Waals surface area (Å²) < 4.78 is 19.8. The van der Waals surface area contributed by atoms with Gasteiger partial charge in [0.05, 0.1) is 24.0 Å². The zero-order chi connectivity index (χ0) is 41.2. The van der Waals surface area contributed by atoms with E-state index in [4.69, 9.17) is 31.4 Å². The highest BCUT2D eigenvalue weighted by Gasteiger charge is 2.24. The van der Waals surface area contributed by atoms with Crippen LogP contribution in [0.1, 0.15) is 77.4 Å². The SMILES string of the molecule is C=CCOc1cc(C(N)=O)cc(N)c1NC/C=C/Cn1c(NC(=O)c2cc(C)nn2CC)nc2cc(C(N)=O)cc(OC)c21.CC(C)(C)OC(=O)N1CCCC1. The van der Waals surface area contributed by atoms with Crippen molar-refractivity contribution in [2.75, 3.05) is 49.7 Å². The summed E-state index contributed by atoms with van der Waals surface area (Å²) in [5.74, 6) is -0.722. The fourth-order valence-electron chi connectivity index (χ4n) is 5.82. The number of benzene rings is 2. The third kappa shape index (κ3) is 10.8. The Balaban J connectivity index is 0.000000494. The highest BCUT2D eigenvalue weighted by atomic mass is 16.6. The van der Waals surface area contributed by atoms with E-state index in [0.29, 0.717) is 52.7 Å². The van der Waals surface area contributed by atoms with Crippen LogP contribution in [-0.4, -0.2) is 87.0 Å². The van der Waals surface area contributed by atoms with Crippen LogP contribution >= 0.6 is 0 Å². The summed E-state index contributed by atoms with van der Waals surface area (Å²) in [6.45, 7) is 16.0. The number of fused-ring (bicyclic) bond motifs is 1. The lowest BCUT2D eigenvalue weighted by molar-refractivity contribution is 0.0294. The minimum absolute atomic E-state index is 0.167. The molecule has 0 atom stereocenters. The Labute approximate surface area is 325 Å². The Morgan fingerprint density at radius 3 is 2.25 bits per heavy atom. The number of aryl methyl sites for hydroxylation is 2. The van der Waals surface area contributed by atoms with Gasteiger partial charge in [-0.3, -0.25) is 24.4 Å². The lowest BCUT2D eigenvalue weighted by Crippen LogP contribution is -2.34. The molecular weight excluding hydrogens is 720 g/mol. The molecule has 2 aromatic carbocycles. The number of hydrogen-bond acceptors (Lipinski definition) is 11. The van der Waals surface area contributed by atoms with E-state index < -0.39 is 17.7 Å². The molecule has 56 heavy (non-hydrogen) atoms. The first-order chi connectivity index (χ1) is 26.6. The van der Waals surface area contributed by atoms with Gasteiger partial charge in [0.1, 0.15) is 40.6 Å². The minimum atomic E-state index is -0.641. The molecule has 4 aromatic rings. The van der Waals surface area contributed by atoms with Gasteiger partial charge in [0.15, 0.2) is 0 Å². The topological polar surface area (TPSA) is 237 Å². The van der Waals surface area contributed by atoms with Crippen molar-refractivity contribution in [3.63, 3.8) is 0 Å². The number of nitrogens with two attached hydrogens (primary N) is 3. The van der Waals surface area contributed by atoms with Gasteiger partial charge in [0.25, 0.3) is 5.91 Å². The van der Waals surface area contributed by atoms with Crippen LogP contribution in [0.5, 0.6) is 11.5 Å². The molecule has 17 nitrogen and oxygen atoms in total. The van der Waals surface area contributed by atoms with Crippen LogP contribution in [0.2, 0.25) is 0 Å². The predicted octanol–water partition coefficient (Wildman–Crippen LogP) is 4.85. The van der Waals surface area contributed by atoms with Gasteiger partial charge in [0, 0.05) is 43.9 Å². The van der Waals surface area contributed by atoms with E-state index in [1.807, 2.05) is 46.8 Å². The normalized spacial score (nSPS) is 12.6. The standard InChI is InChI=1S/C30H35N9O5.C9H17NO2/c1-5-11-44-23-15-18(27(32)40)13-20(31)25(23)34-9-7-8-10-38-26-21(14-19(28(33)41)16-24(26)43-4)35-30(38)36-29(42)22-12-17(3)37-39(22)6-2;1-9(2,3)12-8(11)10-6-4-5-7-10/h5,7-8,12-16,34H,1,6,9-11,31H2,2-4H3,(H2,32,40)(H2,33,41)(H,35,36,42);4-7H2,1-3H3/b8-7+;. The van der Waals surface area contributed by atoms with E-state index in [-0.39, 0.29) is 47.6 Å². The molecule has 1 aliphatic heterocycles. The summed E-state index contributed by atoms with van der Waals surface area (Å²) in [5, 5.41) is 10.4. The average Bonchev–Trinajstić information content (AvgIpc) is 3.89. The molecule has 1 saturated heterocycles. The lowest BCUT2D eigenvalue weighted by Gasteiger charge is -2.23. The number of likely N-dealkylation sites (tertiary alicyclic amines) is 1. The number of hydrogen-bond donors (Lipinski definition) is 5. The number of amides is 4. The molecule has 1 fully saturated rings. The van der Waals surface area contributed by atoms with Crippen LogP contribution in [-0.2, 0) is 17.8 Å². The van der Waals surface area contributed by atoms with Crippen molar-refractivity contribution < 1.29 is 33.4 Å². The van der Waals surface area contributed by atoms with Gasteiger partial charge < -0.3 is 46.2 Å². The van der Waals surface area contributed by atoms with Crippen LogP contribution in [0.15, 0.2) is 55.1 Å². The van der Waals surface area contributed by atoms with Gasteiger partial charge >= 0.3 is 6.09 Å². The number of allylic oxidation sites excluding steroid dienone is 1. The highest BCUT2D eigenvalue weighted by Crippen LogP contribution is 2.33. The van der Waals surface area contributed by atoms with Gasteiger partial charge in [-0.1, -0.05) is 24.8 Å². The molecular formula is C39H52N10O7. The van der Waals surface area contributed by atoms with Crippen molar-refractivity contribution in [3.8, 4) is 11.5 Å². The molecule has 4 amide bonds. The Morgan fingerprint density at radius 1 is 0.982 bits per heavy atom. The quantitative estimate of drug-likeness (QED) is 0.0858. The van der Waals surface area contributed by atoms with Gasteiger partial charge in [-0.05, 0) is 77.8 Å². The van der Waals surface area contributed by atoms with E-state index in [0.717, 1.165) is 25.9 Å². The van der Waals surface area contributed by atoms with E-state index in [9.17, 15) is 19.2 Å². The van der Waals surface area contributed by atoms with Crippen molar-refractivity contribution >= 4 is 52.2 Å². The summed E-state index contributed by atoms with van der Waals surface area (Å²) in [7, 11) is 1.47. The molecule has 0 saturated carbocycles. The molecule has 3 heterocycles. The summed E-state index contributed by atoms with van der Waals surface area (Å²) in [6.07, 6.45) is 7.32. The van der Waals surface area contributed by atoms with Gasteiger partial charge in [-0.15, -0.1) is 0 Å². The zero-order valence-corrected chi connectivity index (χ0v) is 32.8. The number of nitrogens with zero attached hydrogens (tertiary/aromatic N) is 5. The lowest BCUT2D eigenvalue weighted by atomic mass is 10.1. The first-order valence-corrected chi connectivity index (χ1v) is 18.1. The van der Waals surface area contributed by atoms with Crippen LogP contribution in [0, 0.1) is 6.92 Å². The summed E-state index contributed by atoms with van der Waals surface area (Å²) >= 11 is 0. The van der Waals surface area contributed by atoms with Crippen molar-refractivity contribution in [1.29, 1.82) is 0 Å². The summed E-state index contributed by atoms with van der Waals surface area (Å²) in [5.41, 5.74) is 20.0. The van der Waals surface area contributed by atoms with Crippen molar-refractivity contribution in [1.82, 2.24) is 24.2 Å². The molecule has 8 N–H and O–H groups in total. The van der Waals surface area contributed by atoms with Crippen LogP contribution in [0.3, 0.4) is 0 Å². The van der Waals surface area contributed by atoms with Gasteiger partial charge in [-0.2, -0.15) is 5.10 Å². The highest BCUT2D eigenvalue weighted by molar-refractivity contribution is 6.04. The molecule has 0 unspecified atom stereocenters. The second-order valence-corrected chi connectivity index (χ2v) is 13.8. The fraction of sp³-hybridized carbons (Fsp3) is 0.385. The van der Waals surface area contributed by atoms with Crippen molar-refractivity contribution in [2.24, 2.45) is 11.5 Å². The number of nitrogen functional groups attached to an aromatic ring is 1. The van der Waals surface area contributed by atoms with Gasteiger partial charge in [-0.25, -0.2) is 9.78 Å². The Morgan fingerprint density at radius 2 is 1.64 bits per heavy atom. The Hall–Kier alpha value is -6.52. The van der Waals surface area contributed by atoms with E-state index in [2.05, 4.69) is 27.3 Å². The summed E-state index contributed by atoms with van der Waals surface area (Å²) in [6, 6.07) is 7.75. The number of rotatable bonds is 14. The first-order valence-electron chi connectivity index (χ1n) is 18.1. The summed E-state index contributed by atoms with van der Waals surface area (Å²) in [4.78, 5) is 54.7. The number of anilines is 3. The van der Waals surface area contributed by atoms with E-state index in [1.54, 1.807) is 32.4 Å². The third-order valence-electron chi connectivity index (χ3n) is 8.35. The maximum absolute atomic E-state index is 13.3. The number of methoxy groups -OCH3 is 1. The fourth-order valence-corrected chi connectivity index (χ4v) is 5.82. The van der Waals surface area contributed by atoms with E-state index in [1.165, 1.54) is 25.3 Å². The predicted molar refractivity (Wildman–Crippen MR) is 215 cm³/mol. The monoisotopic (exact) mass is 772 g/mol. The second kappa shape index (κ2) is 18.7. The number of primary amides is 2. The van der Waals surface area contributed by atoms with Crippen LogP contribution in [0.4, 0.5) is 22.1 Å². The number of aromatic nitrogens is 4. The first kappa shape index (κ1) is 42.2. The molecule has 2 aromatic heterocycles. The largest absolute Gasteiger partial charge is 0.494 e. The van der Waals surface area contributed by atoms with Crippen LogP contribution < -0.4 is 37.3 Å². The maximum atomic E-state index is 13.3. The number of nitrogens with one attached hydrogen (secondary N) is 2. The van der Waals surface area contributed by atoms with E-state index >= 15 is 0 Å². The zero-order valence-electron chi connectivity index (χ0n) is 32.8. The number of ether oxygens (including phenoxy) is 3.